The van der Waals surface area contributed by atoms with Crippen LogP contribution >= 0.6 is 0 Å². The monoisotopic (exact) mass is 480 g/mol. The molecule has 1 amide bonds. The van der Waals surface area contributed by atoms with Crippen LogP contribution in [0, 0.1) is 5.92 Å². The quantitative estimate of drug-likeness (QED) is 0.547. The number of para-hydroxylation sites is 1. The summed E-state index contributed by atoms with van der Waals surface area (Å²) in [6.45, 7) is 13.1. The Balaban J connectivity index is 0.000000641. The molecule has 190 valence electrons. The van der Waals surface area contributed by atoms with E-state index in [4.69, 9.17) is 10.1 Å². The Morgan fingerprint density at radius 3 is 2.37 bits per heavy atom. The number of aromatic nitrogens is 2. The summed E-state index contributed by atoms with van der Waals surface area (Å²) < 4.78 is 0. The summed E-state index contributed by atoms with van der Waals surface area (Å²) in [4.78, 5) is 25.0. The molecule has 1 aliphatic heterocycles. The number of hydrogen-bond acceptors (Lipinski definition) is 6. The maximum atomic E-state index is 11.7. The van der Waals surface area contributed by atoms with Crippen LogP contribution in [-0.2, 0) is 4.79 Å². The molecule has 1 saturated heterocycles. The van der Waals surface area contributed by atoms with Crippen molar-refractivity contribution in [2.24, 2.45) is 5.92 Å². The van der Waals surface area contributed by atoms with Gasteiger partial charge in [0.25, 0.3) is 0 Å². The number of aromatic hydroxyl groups is 1. The van der Waals surface area contributed by atoms with E-state index < -0.39 is 0 Å². The fourth-order valence-corrected chi connectivity index (χ4v) is 3.65. The minimum atomic E-state index is 0.0997. The number of piperazine rings is 1. The molecule has 1 aliphatic rings. The van der Waals surface area contributed by atoms with Crippen LogP contribution in [-0.4, -0.2) is 63.8 Å². The molecular weight excluding hydrogens is 440 g/mol. The highest BCUT2D eigenvalue weighted by Gasteiger charge is 2.22. The molecule has 0 saturated carbocycles. The van der Waals surface area contributed by atoms with Gasteiger partial charge in [0.2, 0.25) is 5.91 Å². The second-order valence-corrected chi connectivity index (χ2v) is 9.08. The lowest BCUT2D eigenvalue weighted by Gasteiger charge is -2.35. The van der Waals surface area contributed by atoms with Gasteiger partial charge in [-0.2, -0.15) is 0 Å². The van der Waals surface area contributed by atoms with Crippen molar-refractivity contribution in [3.05, 3.63) is 53.8 Å². The summed E-state index contributed by atoms with van der Waals surface area (Å²) in [5.74, 6) is 2.22. The van der Waals surface area contributed by atoms with E-state index in [0.717, 1.165) is 24.2 Å². The highest BCUT2D eigenvalue weighted by molar-refractivity contribution is 5.74. The van der Waals surface area contributed by atoms with Crippen molar-refractivity contribution in [2.45, 2.75) is 47.5 Å². The molecule has 3 rings (SSSR count). The van der Waals surface area contributed by atoms with Crippen LogP contribution in [0.1, 0.15) is 53.0 Å². The first-order valence-electron chi connectivity index (χ1n) is 12.4. The summed E-state index contributed by atoms with van der Waals surface area (Å²) in [6.07, 6.45) is 9.98. The van der Waals surface area contributed by atoms with Crippen LogP contribution in [0.2, 0.25) is 0 Å². The van der Waals surface area contributed by atoms with Crippen molar-refractivity contribution in [3.63, 3.8) is 0 Å². The van der Waals surface area contributed by atoms with E-state index >= 15 is 0 Å². The number of nitrogens with zero attached hydrogens (tertiary/aromatic N) is 4. The molecule has 1 aromatic carbocycles. The molecule has 1 aromatic heterocycles. The Morgan fingerprint density at radius 1 is 1.14 bits per heavy atom. The minimum absolute atomic E-state index is 0.0997. The fourth-order valence-electron chi connectivity index (χ4n) is 3.65. The summed E-state index contributed by atoms with van der Waals surface area (Å²) in [6, 6.07) is 7.08. The number of rotatable bonds is 7. The lowest BCUT2D eigenvalue weighted by atomic mass is 10.1. The lowest BCUT2D eigenvalue weighted by Crippen LogP contribution is -2.48. The second-order valence-electron chi connectivity index (χ2n) is 9.08. The van der Waals surface area contributed by atoms with Crippen LogP contribution in [0.15, 0.2) is 48.2 Å². The standard InChI is InChI=1S/C23H28N4O2.C5H12O/c1-4-7-17(2)10-11-19-16-24-22(20-8-5-6-9-21(20)29)25-23(19)27-14-12-26(13-15-27)18(3)28;1-5(2)3-4-6/h5-11,16,29H,4,12-15H2,1-3H3;5-6H,3-4H2,1-2H3/b11-10-,17-7-;. The highest BCUT2D eigenvalue weighted by atomic mass is 16.3. The number of anilines is 1. The average Bonchev–Trinajstić information content (AvgIpc) is 2.83. The molecule has 0 aliphatic carbocycles. The SMILES string of the molecule is CC(C)CCO.CC/C=C(C)\C=C/c1cnc(-c2ccccc2O)nc1N1CCN(C(C)=O)CC1. The smallest absolute Gasteiger partial charge is 0.219 e. The second kappa shape index (κ2) is 14.3. The predicted octanol–water partition coefficient (Wildman–Crippen LogP) is 4.91. The van der Waals surface area contributed by atoms with Gasteiger partial charge in [-0.05, 0) is 43.9 Å². The van der Waals surface area contributed by atoms with E-state index in [1.54, 1.807) is 25.3 Å². The van der Waals surface area contributed by atoms with Crippen LogP contribution in [0.3, 0.4) is 0 Å². The molecule has 1 fully saturated rings. The first-order valence-corrected chi connectivity index (χ1v) is 12.4. The van der Waals surface area contributed by atoms with E-state index in [2.05, 4.69) is 49.7 Å². The lowest BCUT2D eigenvalue weighted by molar-refractivity contribution is -0.129. The number of phenolic OH excluding ortho intramolecular Hbond substituents is 1. The molecular formula is C28H40N4O3. The van der Waals surface area contributed by atoms with Crippen LogP contribution < -0.4 is 4.90 Å². The number of hydrogen-bond donors (Lipinski definition) is 2. The normalized spacial score (nSPS) is 14.3. The van der Waals surface area contributed by atoms with Gasteiger partial charge in [0, 0.05) is 51.5 Å². The Bertz CT molecular complexity index is 1010. The van der Waals surface area contributed by atoms with Crippen LogP contribution in [0.25, 0.3) is 17.5 Å². The molecule has 0 radical (unpaired) electrons. The molecule has 0 spiro atoms. The summed E-state index contributed by atoms with van der Waals surface area (Å²) >= 11 is 0. The predicted molar refractivity (Wildman–Crippen MR) is 143 cm³/mol. The molecule has 2 aromatic rings. The molecule has 0 unspecified atom stereocenters. The summed E-state index contributed by atoms with van der Waals surface area (Å²) in [7, 11) is 0. The van der Waals surface area contributed by atoms with Crippen molar-refractivity contribution in [2.75, 3.05) is 37.7 Å². The highest BCUT2D eigenvalue weighted by Crippen LogP contribution is 2.29. The first kappa shape index (κ1) is 28.1. The van der Waals surface area contributed by atoms with Gasteiger partial charge in [0.05, 0.1) is 5.56 Å². The molecule has 35 heavy (non-hydrogen) atoms. The molecule has 2 heterocycles. The summed E-state index contributed by atoms with van der Waals surface area (Å²) in [5, 5.41) is 18.4. The van der Waals surface area contributed by atoms with Crippen LogP contribution in [0.4, 0.5) is 5.82 Å². The summed E-state index contributed by atoms with van der Waals surface area (Å²) in [5.41, 5.74) is 2.71. The van der Waals surface area contributed by atoms with Crippen molar-refractivity contribution in [1.29, 1.82) is 0 Å². The van der Waals surface area contributed by atoms with Crippen molar-refractivity contribution in [3.8, 4) is 17.1 Å². The van der Waals surface area contributed by atoms with Gasteiger partial charge in [0.1, 0.15) is 11.6 Å². The van der Waals surface area contributed by atoms with Gasteiger partial charge in [-0.15, -0.1) is 0 Å². The average molecular weight is 481 g/mol. The minimum Gasteiger partial charge on any atom is -0.507 e. The zero-order valence-electron chi connectivity index (χ0n) is 21.7. The third kappa shape index (κ3) is 8.83. The fraction of sp³-hybridized carbons (Fsp3) is 0.464. The van der Waals surface area contributed by atoms with Gasteiger partial charge in [-0.3, -0.25) is 4.79 Å². The van der Waals surface area contributed by atoms with Crippen molar-refractivity contribution < 1.29 is 15.0 Å². The molecule has 2 N–H and O–H groups in total. The Kier molecular flexibility index (Phi) is 11.4. The molecule has 0 atom stereocenters. The number of carbonyl (C=O) groups excluding carboxylic acids is 1. The maximum Gasteiger partial charge on any atom is 0.219 e. The Hall–Kier alpha value is -3.19. The van der Waals surface area contributed by atoms with Gasteiger partial charge < -0.3 is 20.0 Å². The zero-order chi connectivity index (χ0) is 25.8. The van der Waals surface area contributed by atoms with Crippen LogP contribution in [0.5, 0.6) is 5.75 Å². The molecule has 7 heteroatoms. The third-order valence-electron chi connectivity index (χ3n) is 5.72. The van der Waals surface area contributed by atoms with Crippen molar-refractivity contribution >= 4 is 17.8 Å². The number of phenols is 1. The largest absolute Gasteiger partial charge is 0.507 e. The van der Waals surface area contributed by atoms with Gasteiger partial charge in [-0.1, -0.05) is 50.6 Å². The van der Waals surface area contributed by atoms with Crippen molar-refractivity contribution in [1.82, 2.24) is 14.9 Å². The van der Waals surface area contributed by atoms with E-state index in [-0.39, 0.29) is 11.7 Å². The van der Waals surface area contributed by atoms with E-state index in [9.17, 15) is 9.90 Å². The Labute approximate surface area is 209 Å². The van der Waals surface area contributed by atoms with Gasteiger partial charge in [-0.25, -0.2) is 9.97 Å². The van der Waals surface area contributed by atoms with Gasteiger partial charge in [0.15, 0.2) is 5.82 Å². The van der Waals surface area contributed by atoms with E-state index in [0.29, 0.717) is 50.1 Å². The van der Waals surface area contributed by atoms with E-state index in [1.807, 2.05) is 23.1 Å². The number of aliphatic hydroxyl groups is 1. The zero-order valence-corrected chi connectivity index (χ0v) is 21.7. The first-order chi connectivity index (χ1) is 16.8. The maximum absolute atomic E-state index is 11.7. The number of allylic oxidation sites excluding steroid dienone is 3. The Morgan fingerprint density at radius 2 is 1.83 bits per heavy atom. The molecule has 0 bridgehead atoms. The number of benzene rings is 1. The number of amides is 1. The van der Waals surface area contributed by atoms with E-state index in [1.165, 1.54) is 5.57 Å². The third-order valence-corrected chi connectivity index (χ3v) is 5.72. The number of carbonyl (C=O) groups is 1. The number of aliphatic hydroxyl groups excluding tert-OH is 1. The van der Waals surface area contributed by atoms with Gasteiger partial charge >= 0.3 is 0 Å². The molecule has 7 nitrogen and oxygen atoms in total. The topological polar surface area (TPSA) is 89.8 Å².